The number of anilines is 1. The second-order valence-electron chi connectivity index (χ2n) is 5.58. The van der Waals surface area contributed by atoms with E-state index in [9.17, 15) is 4.39 Å². The second-order valence-corrected chi connectivity index (χ2v) is 5.99. The second kappa shape index (κ2) is 6.20. The Bertz CT molecular complexity index is 868. The first-order valence-corrected chi connectivity index (χ1v) is 8.04. The van der Waals surface area contributed by atoms with Gasteiger partial charge in [0, 0.05) is 31.0 Å². The van der Waals surface area contributed by atoms with Crippen molar-refractivity contribution in [2.75, 3.05) is 11.4 Å². The number of benzene rings is 1. The van der Waals surface area contributed by atoms with Gasteiger partial charge in [0.25, 0.3) is 5.89 Å². The van der Waals surface area contributed by atoms with Crippen molar-refractivity contribution in [1.82, 2.24) is 15.0 Å². The first-order chi connectivity index (χ1) is 11.7. The number of fused-ring (bicyclic) bond motifs is 1. The van der Waals surface area contributed by atoms with Crippen LogP contribution < -0.4 is 4.90 Å². The van der Waals surface area contributed by atoms with Crippen molar-refractivity contribution >= 4 is 17.3 Å². The van der Waals surface area contributed by atoms with E-state index in [1.807, 2.05) is 0 Å². The van der Waals surface area contributed by atoms with Crippen LogP contribution in [0.15, 0.2) is 41.1 Å². The SMILES string of the molecule is Fc1ccc(N2CCCc3oc(-c4ncccn4)nc3C2)cc1Cl. The lowest BCUT2D eigenvalue weighted by Gasteiger charge is -2.22. The topological polar surface area (TPSA) is 55.1 Å². The Balaban J connectivity index is 1.65. The van der Waals surface area contributed by atoms with Crippen molar-refractivity contribution < 1.29 is 8.81 Å². The number of aromatic nitrogens is 3. The average Bonchev–Trinajstić information content (AvgIpc) is 2.90. The van der Waals surface area contributed by atoms with Gasteiger partial charge in [-0.25, -0.2) is 19.3 Å². The third-order valence-electron chi connectivity index (χ3n) is 3.98. The van der Waals surface area contributed by atoms with Crippen molar-refractivity contribution in [2.45, 2.75) is 19.4 Å². The molecule has 0 unspecified atom stereocenters. The van der Waals surface area contributed by atoms with Crippen molar-refractivity contribution in [2.24, 2.45) is 0 Å². The van der Waals surface area contributed by atoms with Gasteiger partial charge in [0.15, 0.2) is 0 Å². The normalized spacial score (nSPS) is 14.3. The summed E-state index contributed by atoms with van der Waals surface area (Å²) in [6.07, 6.45) is 5.02. The third-order valence-corrected chi connectivity index (χ3v) is 4.27. The number of rotatable bonds is 2. The highest BCUT2D eigenvalue weighted by atomic mass is 35.5. The molecule has 0 N–H and O–H groups in total. The largest absolute Gasteiger partial charge is 0.438 e. The van der Waals surface area contributed by atoms with Crippen LogP contribution in [0.25, 0.3) is 11.7 Å². The van der Waals surface area contributed by atoms with Crippen molar-refractivity contribution in [3.8, 4) is 11.7 Å². The molecule has 0 spiro atoms. The minimum absolute atomic E-state index is 0.121. The van der Waals surface area contributed by atoms with Gasteiger partial charge in [0.1, 0.15) is 17.3 Å². The fourth-order valence-corrected chi connectivity index (χ4v) is 2.97. The molecule has 0 saturated carbocycles. The van der Waals surface area contributed by atoms with Crippen LogP contribution in [0, 0.1) is 5.82 Å². The lowest BCUT2D eigenvalue weighted by molar-refractivity contribution is 0.509. The average molecular weight is 345 g/mol. The maximum atomic E-state index is 13.4. The standard InChI is InChI=1S/C17H14ClFN4O/c18-12-9-11(4-5-13(12)19)23-8-1-3-15-14(10-23)22-17(24-15)16-20-6-2-7-21-16/h2,4-7,9H,1,3,8,10H2. The van der Waals surface area contributed by atoms with E-state index in [1.165, 1.54) is 6.07 Å². The monoisotopic (exact) mass is 344 g/mol. The highest BCUT2D eigenvalue weighted by Gasteiger charge is 2.22. The van der Waals surface area contributed by atoms with E-state index >= 15 is 0 Å². The summed E-state index contributed by atoms with van der Waals surface area (Å²) in [4.78, 5) is 15.0. The molecule has 5 nitrogen and oxygen atoms in total. The molecule has 0 bridgehead atoms. The van der Waals surface area contributed by atoms with E-state index in [2.05, 4.69) is 19.9 Å². The highest BCUT2D eigenvalue weighted by Crippen LogP contribution is 2.29. The predicted octanol–water partition coefficient (Wildman–Crippen LogP) is 3.88. The van der Waals surface area contributed by atoms with E-state index in [-0.39, 0.29) is 5.02 Å². The van der Waals surface area contributed by atoms with Crippen LogP contribution in [0.4, 0.5) is 10.1 Å². The summed E-state index contributed by atoms with van der Waals surface area (Å²) in [5.74, 6) is 1.34. The summed E-state index contributed by atoms with van der Waals surface area (Å²) in [5, 5.41) is 0.121. The summed E-state index contributed by atoms with van der Waals surface area (Å²) in [5.41, 5.74) is 1.73. The molecule has 4 rings (SSSR count). The van der Waals surface area contributed by atoms with Gasteiger partial charge in [0.05, 0.1) is 11.6 Å². The van der Waals surface area contributed by atoms with Crippen LogP contribution in [-0.2, 0) is 13.0 Å². The molecule has 0 fully saturated rings. The summed E-state index contributed by atoms with van der Waals surface area (Å²) in [7, 11) is 0. The molecule has 1 aliphatic rings. The molecule has 1 aliphatic heterocycles. The molecular formula is C17H14ClFN4O. The van der Waals surface area contributed by atoms with Gasteiger partial charge in [-0.15, -0.1) is 0 Å². The van der Waals surface area contributed by atoms with Gasteiger partial charge < -0.3 is 9.32 Å². The minimum atomic E-state index is -0.416. The highest BCUT2D eigenvalue weighted by molar-refractivity contribution is 6.31. The molecule has 0 aliphatic carbocycles. The molecule has 0 radical (unpaired) electrons. The summed E-state index contributed by atoms with van der Waals surface area (Å²) < 4.78 is 19.2. The number of oxazole rings is 1. The van der Waals surface area contributed by atoms with E-state index in [0.717, 1.165) is 36.5 Å². The number of nitrogens with zero attached hydrogens (tertiary/aromatic N) is 4. The Morgan fingerprint density at radius 3 is 2.83 bits per heavy atom. The van der Waals surface area contributed by atoms with Gasteiger partial charge in [-0.3, -0.25) is 0 Å². The molecule has 2 aromatic heterocycles. The van der Waals surface area contributed by atoms with Gasteiger partial charge in [-0.1, -0.05) is 11.6 Å². The summed E-state index contributed by atoms with van der Waals surface area (Å²) in [6.45, 7) is 1.40. The Kier molecular flexibility index (Phi) is 3.90. The maximum Gasteiger partial charge on any atom is 0.265 e. The van der Waals surface area contributed by atoms with E-state index in [0.29, 0.717) is 18.3 Å². The van der Waals surface area contributed by atoms with Crippen molar-refractivity contribution in [3.63, 3.8) is 0 Å². The van der Waals surface area contributed by atoms with Crippen molar-refractivity contribution in [3.05, 3.63) is 59.0 Å². The van der Waals surface area contributed by atoms with Crippen LogP contribution in [0.1, 0.15) is 17.9 Å². The van der Waals surface area contributed by atoms with Gasteiger partial charge in [0.2, 0.25) is 5.82 Å². The molecule has 0 saturated heterocycles. The van der Waals surface area contributed by atoms with Gasteiger partial charge in [-0.05, 0) is 30.7 Å². The zero-order chi connectivity index (χ0) is 16.5. The van der Waals surface area contributed by atoms with Crippen LogP contribution in [0.3, 0.4) is 0 Å². The van der Waals surface area contributed by atoms with Crippen molar-refractivity contribution in [1.29, 1.82) is 0 Å². The van der Waals surface area contributed by atoms with Crippen LogP contribution in [-0.4, -0.2) is 21.5 Å². The fraction of sp³-hybridized carbons (Fsp3) is 0.235. The minimum Gasteiger partial charge on any atom is -0.438 e. The summed E-state index contributed by atoms with van der Waals surface area (Å²) >= 11 is 5.91. The Hall–Kier alpha value is -2.47. The van der Waals surface area contributed by atoms with Gasteiger partial charge >= 0.3 is 0 Å². The molecule has 0 amide bonds. The van der Waals surface area contributed by atoms with E-state index in [4.69, 9.17) is 16.0 Å². The molecule has 0 atom stereocenters. The smallest absolute Gasteiger partial charge is 0.265 e. The fourth-order valence-electron chi connectivity index (χ4n) is 2.80. The molecule has 122 valence electrons. The Labute approximate surface area is 143 Å². The molecule has 1 aromatic carbocycles. The van der Waals surface area contributed by atoms with E-state index < -0.39 is 5.82 Å². The third kappa shape index (κ3) is 2.85. The molecule has 7 heteroatoms. The molecular weight excluding hydrogens is 331 g/mol. The van der Waals surface area contributed by atoms with Gasteiger partial charge in [-0.2, -0.15) is 0 Å². The predicted molar refractivity (Wildman–Crippen MR) is 88.3 cm³/mol. The number of hydrogen-bond acceptors (Lipinski definition) is 5. The molecule has 3 aromatic rings. The summed E-state index contributed by atoms with van der Waals surface area (Å²) in [6, 6.07) is 6.50. The first kappa shape index (κ1) is 15.1. The van der Waals surface area contributed by atoms with Crippen LogP contribution in [0.2, 0.25) is 5.02 Å². The quantitative estimate of drug-likeness (QED) is 0.706. The zero-order valence-corrected chi connectivity index (χ0v) is 13.5. The number of aryl methyl sites for hydroxylation is 1. The molecule has 3 heterocycles. The van der Waals surface area contributed by atoms with Crippen LogP contribution >= 0.6 is 11.6 Å². The number of hydrogen-bond donors (Lipinski definition) is 0. The lowest BCUT2D eigenvalue weighted by Crippen LogP contribution is -2.22. The van der Waals surface area contributed by atoms with E-state index in [1.54, 1.807) is 30.6 Å². The first-order valence-electron chi connectivity index (χ1n) is 7.66. The Morgan fingerprint density at radius 1 is 1.21 bits per heavy atom. The van der Waals surface area contributed by atoms with Crippen LogP contribution in [0.5, 0.6) is 0 Å². The Morgan fingerprint density at radius 2 is 2.04 bits per heavy atom. The number of halogens is 2. The molecule has 24 heavy (non-hydrogen) atoms. The lowest BCUT2D eigenvalue weighted by atomic mass is 10.2. The zero-order valence-electron chi connectivity index (χ0n) is 12.7. The maximum absolute atomic E-state index is 13.4.